The number of carbonyl (C=O) groups is 1. The summed E-state index contributed by atoms with van der Waals surface area (Å²) in [6.07, 6.45) is 1.23. The number of benzene rings is 2. The summed E-state index contributed by atoms with van der Waals surface area (Å²) in [6, 6.07) is 14.8. The number of methoxy groups -OCH3 is 3. The van der Waals surface area contributed by atoms with Gasteiger partial charge in [-0.15, -0.1) is 0 Å². The average molecular weight is 436 g/mol. The maximum absolute atomic E-state index is 12.4. The van der Waals surface area contributed by atoms with E-state index in [2.05, 4.69) is 9.97 Å². The van der Waals surface area contributed by atoms with Gasteiger partial charge in [-0.3, -0.25) is 0 Å². The first-order chi connectivity index (χ1) is 15.5. The fourth-order valence-electron chi connectivity index (χ4n) is 2.92. The van der Waals surface area contributed by atoms with Gasteiger partial charge in [0.2, 0.25) is 11.8 Å². The van der Waals surface area contributed by atoms with Crippen LogP contribution in [-0.2, 0) is 14.3 Å². The summed E-state index contributed by atoms with van der Waals surface area (Å²) in [5.41, 5.74) is 1.26. The van der Waals surface area contributed by atoms with Gasteiger partial charge in [-0.2, -0.15) is 9.97 Å². The molecule has 0 aliphatic heterocycles. The van der Waals surface area contributed by atoms with Crippen LogP contribution in [0.25, 0.3) is 5.57 Å². The summed E-state index contributed by atoms with van der Waals surface area (Å²) in [5, 5.41) is 0. The molecular formula is C24H24N2O6. The zero-order valence-electron chi connectivity index (χ0n) is 18.5. The molecule has 0 fully saturated rings. The van der Waals surface area contributed by atoms with Crippen LogP contribution in [0.2, 0.25) is 0 Å². The van der Waals surface area contributed by atoms with E-state index in [-0.39, 0.29) is 22.9 Å². The van der Waals surface area contributed by atoms with E-state index in [1.54, 1.807) is 25.1 Å². The van der Waals surface area contributed by atoms with E-state index in [4.69, 9.17) is 23.7 Å². The molecule has 0 saturated heterocycles. The molecule has 32 heavy (non-hydrogen) atoms. The number of hydrogen-bond donors (Lipinski definition) is 0. The Kier molecular flexibility index (Phi) is 7.28. The number of aromatic nitrogens is 2. The number of nitrogens with zero attached hydrogens (tertiary/aromatic N) is 2. The van der Waals surface area contributed by atoms with Gasteiger partial charge in [-0.05, 0) is 37.6 Å². The third kappa shape index (κ3) is 5.15. The monoisotopic (exact) mass is 436 g/mol. The highest BCUT2D eigenvalue weighted by molar-refractivity contribution is 6.17. The summed E-state index contributed by atoms with van der Waals surface area (Å²) in [5.74, 6) is 1.76. The average Bonchev–Trinajstić information content (AvgIpc) is 2.79. The fourth-order valence-corrected chi connectivity index (χ4v) is 2.92. The first-order valence-corrected chi connectivity index (χ1v) is 9.72. The predicted molar refractivity (Wildman–Crippen MR) is 118 cm³/mol. The molecule has 8 nitrogen and oxygen atoms in total. The Morgan fingerprint density at radius 2 is 1.56 bits per heavy atom. The van der Waals surface area contributed by atoms with Gasteiger partial charge in [0.1, 0.15) is 34.2 Å². The van der Waals surface area contributed by atoms with Gasteiger partial charge in [0.15, 0.2) is 0 Å². The van der Waals surface area contributed by atoms with Crippen molar-refractivity contribution >= 4 is 11.5 Å². The summed E-state index contributed by atoms with van der Waals surface area (Å²) >= 11 is 0. The molecule has 0 radical (unpaired) electrons. The molecule has 1 heterocycles. The fraction of sp³-hybridized carbons (Fsp3) is 0.208. The van der Waals surface area contributed by atoms with Crippen LogP contribution < -0.4 is 14.2 Å². The largest absolute Gasteiger partial charge is 0.503 e. The number of esters is 1. The van der Waals surface area contributed by atoms with E-state index in [9.17, 15) is 4.79 Å². The van der Waals surface area contributed by atoms with Crippen LogP contribution in [-0.4, -0.2) is 37.3 Å². The minimum atomic E-state index is -0.654. The van der Waals surface area contributed by atoms with Crippen LogP contribution >= 0.6 is 0 Å². The Morgan fingerprint density at radius 3 is 2.22 bits per heavy atom. The van der Waals surface area contributed by atoms with Crippen LogP contribution in [0.3, 0.4) is 0 Å². The molecule has 0 amide bonds. The number of ether oxygens (including phenoxy) is 5. The first kappa shape index (κ1) is 22.6. The lowest BCUT2D eigenvalue weighted by atomic mass is 10.1. The van der Waals surface area contributed by atoms with Crippen LogP contribution in [0, 0.1) is 13.8 Å². The van der Waals surface area contributed by atoms with E-state index in [0.717, 1.165) is 11.3 Å². The van der Waals surface area contributed by atoms with Gasteiger partial charge in [-0.25, -0.2) is 4.79 Å². The third-order valence-corrected chi connectivity index (χ3v) is 4.40. The molecule has 0 unspecified atom stereocenters. The highest BCUT2D eigenvalue weighted by atomic mass is 16.5. The second-order valence-electron chi connectivity index (χ2n) is 6.66. The van der Waals surface area contributed by atoms with E-state index < -0.39 is 5.97 Å². The van der Waals surface area contributed by atoms with Gasteiger partial charge < -0.3 is 23.7 Å². The number of para-hydroxylation sites is 1. The van der Waals surface area contributed by atoms with Gasteiger partial charge in [0.25, 0.3) is 0 Å². The molecule has 0 bridgehead atoms. The normalized spacial score (nSPS) is 11.0. The van der Waals surface area contributed by atoms with Crippen molar-refractivity contribution in [2.75, 3.05) is 21.3 Å². The van der Waals surface area contributed by atoms with Crippen molar-refractivity contribution in [3.8, 4) is 29.0 Å². The zero-order valence-corrected chi connectivity index (χ0v) is 18.5. The Morgan fingerprint density at radius 1 is 0.875 bits per heavy atom. The summed E-state index contributed by atoms with van der Waals surface area (Å²) in [7, 11) is 4.12. The lowest BCUT2D eigenvalue weighted by Gasteiger charge is -2.15. The van der Waals surface area contributed by atoms with Gasteiger partial charge in [-0.1, -0.05) is 24.3 Å². The Balaban J connectivity index is 2.02. The van der Waals surface area contributed by atoms with Crippen LogP contribution in [0.1, 0.15) is 17.0 Å². The third-order valence-electron chi connectivity index (χ3n) is 4.40. The Hall–Kier alpha value is -4.07. The molecule has 0 saturated carbocycles. The van der Waals surface area contributed by atoms with Crippen LogP contribution in [0.5, 0.6) is 29.0 Å². The van der Waals surface area contributed by atoms with Crippen molar-refractivity contribution in [2.45, 2.75) is 13.8 Å². The molecule has 8 heteroatoms. The van der Waals surface area contributed by atoms with E-state index in [0.29, 0.717) is 17.3 Å². The number of rotatable bonds is 8. The molecular weight excluding hydrogens is 412 g/mol. The van der Waals surface area contributed by atoms with E-state index in [1.807, 2.05) is 37.3 Å². The lowest BCUT2D eigenvalue weighted by molar-refractivity contribution is -0.133. The van der Waals surface area contributed by atoms with E-state index >= 15 is 0 Å². The van der Waals surface area contributed by atoms with Crippen LogP contribution in [0.4, 0.5) is 0 Å². The molecule has 166 valence electrons. The van der Waals surface area contributed by atoms with Crippen LogP contribution in [0.15, 0.2) is 54.8 Å². The Labute approximate surface area is 186 Å². The minimum absolute atomic E-state index is 0.0502. The smallest absolute Gasteiger partial charge is 0.342 e. The molecule has 0 aliphatic rings. The van der Waals surface area contributed by atoms with Crippen molar-refractivity contribution in [1.29, 1.82) is 0 Å². The topological polar surface area (TPSA) is 89.0 Å². The molecule has 0 N–H and O–H groups in total. The molecule has 0 atom stereocenters. The lowest BCUT2D eigenvalue weighted by Crippen LogP contribution is -2.10. The van der Waals surface area contributed by atoms with Gasteiger partial charge >= 0.3 is 5.97 Å². The summed E-state index contributed by atoms with van der Waals surface area (Å²) in [4.78, 5) is 21.0. The second kappa shape index (κ2) is 10.3. The summed E-state index contributed by atoms with van der Waals surface area (Å²) in [6.45, 7) is 3.66. The van der Waals surface area contributed by atoms with Crippen molar-refractivity contribution in [3.05, 3.63) is 71.7 Å². The zero-order chi connectivity index (χ0) is 23.1. The minimum Gasteiger partial charge on any atom is -0.503 e. The number of hydrogen-bond acceptors (Lipinski definition) is 8. The number of aryl methyl sites for hydroxylation is 2. The first-order valence-electron chi connectivity index (χ1n) is 9.72. The predicted octanol–water partition coefficient (Wildman–Crippen LogP) is 4.85. The molecule has 3 rings (SSSR count). The molecule has 2 aromatic carbocycles. The van der Waals surface area contributed by atoms with Crippen molar-refractivity contribution in [1.82, 2.24) is 9.97 Å². The highest BCUT2D eigenvalue weighted by Gasteiger charge is 2.26. The maximum Gasteiger partial charge on any atom is 0.342 e. The second-order valence-corrected chi connectivity index (χ2v) is 6.66. The molecule has 0 spiro atoms. The molecule has 1 aromatic heterocycles. The number of carbonyl (C=O) groups excluding carboxylic acids is 1. The van der Waals surface area contributed by atoms with Crippen molar-refractivity contribution in [3.63, 3.8) is 0 Å². The molecule has 3 aromatic rings. The molecule has 0 aliphatic carbocycles. The quantitative estimate of drug-likeness (QED) is 0.281. The van der Waals surface area contributed by atoms with Gasteiger partial charge in [0, 0.05) is 6.07 Å². The van der Waals surface area contributed by atoms with Crippen molar-refractivity contribution < 1.29 is 28.5 Å². The summed E-state index contributed by atoms with van der Waals surface area (Å²) < 4.78 is 27.4. The van der Waals surface area contributed by atoms with Gasteiger partial charge in [0.05, 0.1) is 27.6 Å². The Bertz CT molecular complexity index is 1140. The highest BCUT2D eigenvalue weighted by Crippen LogP contribution is 2.36. The van der Waals surface area contributed by atoms with Crippen molar-refractivity contribution in [2.24, 2.45) is 0 Å². The maximum atomic E-state index is 12.4. The SMILES string of the molecule is COC=C(C(=O)OC)c1c(OC)nc(C)nc1Oc1cccc(Oc2ccccc2C)c1. The standard InChI is InChI=1S/C24H24N2O6/c1-15-9-6-7-12-20(15)31-17-10-8-11-18(13-17)32-23-21(19(14-28-3)24(27)30-5)22(29-4)25-16(2)26-23/h6-14H,1-5H3. The van der Waals surface area contributed by atoms with E-state index in [1.165, 1.54) is 27.6 Å².